The molecule has 0 spiro atoms. The van der Waals surface area contributed by atoms with Gasteiger partial charge in [-0.1, -0.05) is 49.3 Å². The van der Waals surface area contributed by atoms with Gasteiger partial charge in [0.05, 0.1) is 11.5 Å². The number of phenolic OH excluding ortho intramolecular Hbond substituents is 1. The number of hydrogen-bond acceptors (Lipinski definition) is 7. The molecule has 3 rings (SSSR count). The molecule has 0 saturated heterocycles. The first kappa shape index (κ1) is 36.6. The third-order valence-corrected chi connectivity index (χ3v) is 8.71. The Balaban J connectivity index is 2.22. The van der Waals surface area contributed by atoms with Gasteiger partial charge in [0, 0.05) is 23.1 Å². The zero-order chi connectivity index (χ0) is 34.7. The number of aromatic hydroxyl groups is 1. The van der Waals surface area contributed by atoms with Gasteiger partial charge in [-0.25, -0.2) is 4.79 Å². The molecule has 0 radical (unpaired) electrons. The first-order valence-electron chi connectivity index (χ1n) is 16.0. The van der Waals surface area contributed by atoms with Gasteiger partial charge in [0.2, 0.25) is 0 Å². The fourth-order valence-corrected chi connectivity index (χ4v) is 5.88. The van der Waals surface area contributed by atoms with Gasteiger partial charge in [0.1, 0.15) is 40.1 Å². The SMILES string of the molecule is CC=C(C(=O)C(C)(O)C/C=C(/C)C(=O)O)C1Oc2c(CC=C(C)C)c3c(c(O)c2C(=O)C1C(C)C)C=CC(C)(CCC=C(C)C)O3. The molecule has 2 aliphatic rings. The van der Waals surface area contributed by atoms with Crippen LogP contribution in [0.3, 0.4) is 0 Å². The number of aliphatic hydroxyl groups is 1. The van der Waals surface area contributed by atoms with Crippen LogP contribution in [0.25, 0.3) is 6.08 Å². The maximum atomic E-state index is 14.4. The third-order valence-electron chi connectivity index (χ3n) is 8.71. The number of rotatable bonds is 12. The summed E-state index contributed by atoms with van der Waals surface area (Å²) in [5.74, 6) is -2.96. The largest absolute Gasteiger partial charge is 0.506 e. The van der Waals surface area contributed by atoms with Gasteiger partial charge in [-0.15, -0.1) is 0 Å². The highest BCUT2D eigenvalue weighted by Crippen LogP contribution is 2.52. The minimum Gasteiger partial charge on any atom is -0.506 e. The van der Waals surface area contributed by atoms with Crippen LogP contribution in [0, 0.1) is 11.8 Å². The van der Waals surface area contributed by atoms with E-state index in [1.54, 1.807) is 6.92 Å². The molecule has 0 saturated carbocycles. The molecular weight excluding hydrogens is 584 g/mol. The number of carboxylic acid groups (broad SMARTS) is 1. The van der Waals surface area contributed by atoms with E-state index in [1.807, 2.05) is 66.7 Å². The zero-order valence-electron chi connectivity index (χ0n) is 28.9. The van der Waals surface area contributed by atoms with Crippen molar-refractivity contribution >= 4 is 23.6 Å². The number of hydrogen-bond donors (Lipinski definition) is 3. The van der Waals surface area contributed by atoms with E-state index in [9.17, 15) is 29.7 Å². The van der Waals surface area contributed by atoms with Gasteiger partial charge in [0.25, 0.3) is 0 Å². The standard InChI is InChI=1S/C38H50O8/c1-11-25(35(41)38(10,44)20-16-24(8)36(42)43)33-28(23(6)7)31(40)29-30(39)26-17-19-37(9,18-12-13-21(2)3)46-32(26)27(34(29)45-33)15-14-22(4)5/h11,13-14,16-17,19,23,28,33,39,44H,12,15,18,20H2,1-10H3,(H,42,43)/b24-16-,25-11?. The molecule has 1 aromatic rings. The Bertz CT molecular complexity index is 1540. The van der Waals surface area contributed by atoms with E-state index in [0.717, 1.165) is 12.0 Å². The van der Waals surface area contributed by atoms with Crippen molar-refractivity contribution in [2.45, 2.75) is 112 Å². The quantitative estimate of drug-likeness (QED) is 0.157. The average Bonchev–Trinajstić information content (AvgIpc) is 2.95. The number of carbonyl (C=O) groups excluding carboxylic acids is 2. The van der Waals surface area contributed by atoms with Crippen LogP contribution < -0.4 is 9.47 Å². The van der Waals surface area contributed by atoms with Gasteiger partial charge in [-0.3, -0.25) is 9.59 Å². The summed E-state index contributed by atoms with van der Waals surface area (Å²) >= 11 is 0. The van der Waals surface area contributed by atoms with E-state index in [0.29, 0.717) is 29.7 Å². The smallest absolute Gasteiger partial charge is 0.330 e. The molecule has 2 heterocycles. The van der Waals surface area contributed by atoms with E-state index < -0.39 is 35.0 Å². The number of benzene rings is 1. The Kier molecular flexibility index (Phi) is 11.3. The highest BCUT2D eigenvalue weighted by Gasteiger charge is 2.48. The van der Waals surface area contributed by atoms with Crippen molar-refractivity contribution in [2.24, 2.45) is 11.8 Å². The Labute approximate surface area is 273 Å². The van der Waals surface area contributed by atoms with Crippen LogP contribution in [0.5, 0.6) is 17.2 Å². The fraction of sp³-hybridized carbons (Fsp3) is 0.500. The van der Waals surface area contributed by atoms with E-state index >= 15 is 0 Å². The first-order valence-corrected chi connectivity index (χ1v) is 16.0. The molecule has 0 amide bonds. The second-order valence-corrected chi connectivity index (χ2v) is 13.7. The second kappa shape index (κ2) is 14.2. The van der Waals surface area contributed by atoms with Crippen LogP contribution in [0.4, 0.5) is 0 Å². The predicted molar refractivity (Wildman–Crippen MR) is 180 cm³/mol. The lowest BCUT2D eigenvalue weighted by atomic mass is 9.74. The normalized spacial score (nSPS) is 22.2. The Morgan fingerprint density at radius 3 is 2.24 bits per heavy atom. The number of carbonyl (C=O) groups is 3. The summed E-state index contributed by atoms with van der Waals surface area (Å²) in [4.78, 5) is 39.6. The van der Waals surface area contributed by atoms with Crippen LogP contribution in [0.15, 0.2) is 52.7 Å². The van der Waals surface area contributed by atoms with Gasteiger partial charge in [-0.2, -0.15) is 0 Å². The molecule has 0 aliphatic carbocycles. The second-order valence-electron chi connectivity index (χ2n) is 13.7. The highest BCUT2D eigenvalue weighted by atomic mass is 16.5. The number of ether oxygens (including phenoxy) is 2. The maximum absolute atomic E-state index is 14.4. The molecule has 0 fully saturated rings. The van der Waals surface area contributed by atoms with Crippen LogP contribution in [-0.2, 0) is 16.0 Å². The Morgan fingerprint density at radius 2 is 1.70 bits per heavy atom. The molecule has 8 heteroatoms. The number of carboxylic acids is 1. The topological polar surface area (TPSA) is 130 Å². The number of allylic oxidation sites excluding steroid dienone is 5. The molecule has 4 atom stereocenters. The van der Waals surface area contributed by atoms with Crippen LogP contribution in [0.2, 0.25) is 0 Å². The van der Waals surface area contributed by atoms with Crippen LogP contribution in [-0.4, -0.2) is 50.2 Å². The summed E-state index contributed by atoms with van der Waals surface area (Å²) in [6, 6.07) is 0. The van der Waals surface area contributed by atoms with Crippen molar-refractivity contribution in [3.63, 3.8) is 0 Å². The molecule has 1 aromatic carbocycles. The number of ketones is 2. The summed E-state index contributed by atoms with van der Waals surface area (Å²) in [7, 11) is 0. The van der Waals surface area contributed by atoms with Crippen LogP contribution >= 0.6 is 0 Å². The lowest BCUT2D eigenvalue weighted by Crippen LogP contribution is -2.48. The summed E-state index contributed by atoms with van der Waals surface area (Å²) in [6.45, 7) is 18.0. The van der Waals surface area contributed by atoms with Crippen molar-refractivity contribution in [1.29, 1.82) is 0 Å². The third kappa shape index (κ3) is 7.72. The summed E-state index contributed by atoms with van der Waals surface area (Å²) in [5.41, 5.74) is 0.773. The number of phenols is 1. The van der Waals surface area contributed by atoms with Gasteiger partial charge in [0.15, 0.2) is 11.6 Å². The van der Waals surface area contributed by atoms with Crippen molar-refractivity contribution in [3.05, 3.63) is 69.4 Å². The zero-order valence-corrected chi connectivity index (χ0v) is 28.9. The number of aliphatic carboxylic acids is 1. The van der Waals surface area contributed by atoms with Gasteiger partial charge < -0.3 is 24.8 Å². The van der Waals surface area contributed by atoms with Crippen molar-refractivity contribution in [1.82, 2.24) is 0 Å². The molecule has 2 aliphatic heterocycles. The van der Waals surface area contributed by atoms with Gasteiger partial charge in [-0.05, 0) is 92.7 Å². The number of fused-ring (bicyclic) bond motifs is 2. The van der Waals surface area contributed by atoms with E-state index in [-0.39, 0.29) is 46.3 Å². The summed E-state index contributed by atoms with van der Waals surface area (Å²) in [6.07, 6.45) is 11.2. The van der Waals surface area contributed by atoms with E-state index in [2.05, 4.69) is 6.08 Å². The predicted octanol–water partition coefficient (Wildman–Crippen LogP) is 7.71. The van der Waals surface area contributed by atoms with Crippen molar-refractivity contribution in [3.8, 4) is 17.2 Å². The molecule has 3 N–H and O–H groups in total. The maximum Gasteiger partial charge on any atom is 0.330 e. The Morgan fingerprint density at radius 1 is 1.07 bits per heavy atom. The first-order chi connectivity index (χ1) is 21.3. The molecular formula is C38H50O8. The summed E-state index contributed by atoms with van der Waals surface area (Å²) in [5, 5.41) is 32.1. The molecule has 0 aromatic heterocycles. The number of Topliss-reactive ketones (excluding diaryl/α,β-unsaturated/α-hetero) is 2. The molecule has 0 bridgehead atoms. The monoisotopic (exact) mass is 634 g/mol. The van der Waals surface area contributed by atoms with Crippen molar-refractivity contribution < 1.29 is 39.2 Å². The minimum absolute atomic E-state index is 0.000699. The van der Waals surface area contributed by atoms with Crippen molar-refractivity contribution in [2.75, 3.05) is 0 Å². The van der Waals surface area contributed by atoms with Gasteiger partial charge >= 0.3 is 5.97 Å². The van der Waals surface area contributed by atoms with E-state index in [4.69, 9.17) is 9.47 Å². The molecule has 250 valence electrons. The lowest BCUT2D eigenvalue weighted by molar-refractivity contribution is -0.134. The van der Waals surface area contributed by atoms with Crippen LogP contribution in [0.1, 0.15) is 110 Å². The summed E-state index contributed by atoms with van der Waals surface area (Å²) < 4.78 is 13.3. The Hall–Kier alpha value is -3.91. The molecule has 8 nitrogen and oxygen atoms in total. The molecule has 4 unspecified atom stereocenters. The highest BCUT2D eigenvalue weighted by molar-refractivity contribution is 6.09. The molecule has 46 heavy (non-hydrogen) atoms. The minimum atomic E-state index is -1.96. The fourth-order valence-electron chi connectivity index (χ4n) is 5.88. The lowest BCUT2D eigenvalue weighted by Gasteiger charge is -2.40. The van der Waals surface area contributed by atoms with E-state index in [1.165, 1.54) is 31.6 Å². The average molecular weight is 635 g/mol.